The summed E-state index contributed by atoms with van der Waals surface area (Å²) in [6.07, 6.45) is 2.57. The Morgan fingerprint density at radius 3 is 2.54 bits per heavy atom. The van der Waals surface area contributed by atoms with Gasteiger partial charge in [-0.25, -0.2) is 0 Å². The molecule has 3 nitrogen and oxygen atoms in total. The van der Waals surface area contributed by atoms with Gasteiger partial charge < -0.3 is 4.74 Å². The number of ether oxygens (including phenoxy) is 1. The number of piperidine rings is 1. The predicted octanol–water partition coefficient (Wildman–Crippen LogP) is 1.08. The third kappa shape index (κ3) is 3.87. The van der Waals surface area contributed by atoms with Crippen LogP contribution in [0.15, 0.2) is 0 Å². The van der Waals surface area contributed by atoms with E-state index in [-0.39, 0.29) is 5.78 Å². The van der Waals surface area contributed by atoms with Crippen LogP contribution in [0.3, 0.4) is 0 Å². The Morgan fingerprint density at radius 1 is 1.46 bits per heavy atom. The van der Waals surface area contributed by atoms with Crippen LogP contribution in [0.5, 0.6) is 0 Å². The van der Waals surface area contributed by atoms with Crippen molar-refractivity contribution in [2.24, 2.45) is 0 Å². The van der Waals surface area contributed by atoms with E-state index >= 15 is 0 Å². The Morgan fingerprint density at radius 2 is 2.08 bits per heavy atom. The molecular formula is C10H19NO2. The molecule has 0 aromatic heterocycles. The summed E-state index contributed by atoms with van der Waals surface area (Å²) in [5, 5.41) is 0. The second-order valence-electron chi connectivity index (χ2n) is 3.63. The summed E-state index contributed by atoms with van der Waals surface area (Å²) >= 11 is 0. The predicted molar refractivity (Wildman–Crippen MR) is 51.8 cm³/mol. The van der Waals surface area contributed by atoms with Crippen LogP contribution in [0.25, 0.3) is 0 Å². The zero-order valence-corrected chi connectivity index (χ0v) is 8.58. The highest BCUT2D eigenvalue weighted by atomic mass is 16.5. The molecule has 0 aromatic rings. The quantitative estimate of drug-likeness (QED) is 0.656. The third-order valence-corrected chi connectivity index (χ3v) is 2.38. The molecule has 1 rings (SSSR count). The molecule has 0 aromatic carbocycles. The molecule has 3 heteroatoms. The molecule has 0 spiro atoms. The summed E-state index contributed by atoms with van der Waals surface area (Å²) in [4.78, 5) is 13.1. The van der Waals surface area contributed by atoms with E-state index in [1.165, 1.54) is 0 Å². The Labute approximate surface area is 80.1 Å². The summed E-state index contributed by atoms with van der Waals surface area (Å²) < 4.78 is 5.52. The SMILES string of the molecule is CCOC1CCN(CC(C)=O)CC1. The molecule has 0 N–H and O–H groups in total. The Balaban J connectivity index is 2.18. The zero-order chi connectivity index (χ0) is 9.68. The average molecular weight is 185 g/mol. The van der Waals surface area contributed by atoms with Gasteiger partial charge >= 0.3 is 0 Å². The minimum Gasteiger partial charge on any atom is -0.378 e. The molecule has 0 radical (unpaired) electrons. The van der Waals surface area contributed by atoms with Gasteiger partial charge in [0.05, 0.1) is 12.6 Å². The minimum absolute atomic E-state index is 0.259. The summed E-state index contributed by atoms with van der Waals surface area (Å²) in [6.45, 7) is 7.10. The van der Waals surface area contributed by atoms with Crippen molar-refractivity contribution >= 4 is 5.78 Å². The van der Waals surface area contributed by atoms with Gasteiger partial charge in [-0.05, 0) is 26.7 Å². The van der Waals surface area contributed by atoms with Gasteiger partial charge in [-0.15, -0.1) is 0 Å². The van der Waals surface area contributed by atoms with Gasteiger partial charge in [0, 0.05) is 19.7 Å². The number of carbonyl (C=O) groups excluding carboxylic acids is 1. The van der Waals surface area contributed by atoms with Gasteiger partial charge in [0.2, 0.25) is 0 Å². The third-order valence-electron chi connectivity index (χ3n) is 2.38. The summed E-state index contributed by atoms with van der Waals surface area (Å²) in [6, 6.07) is 0. The molecular weight excluding hydrogens is 166 g/mol. The van der Waals surface area contributed by atoms with Crippen LogP contribution in [0.2, 0.25) is 0 Å². The van der Waals surface area contributed by atoms with Gasteiger partial charge in [0.1, 0.15) is 5.78 Å². The number of nitrogens with zero attached hydrogens (tertiary/aromatic N) is 1. The van der Waals surface area contributed by atoms with E-state index in [1.54, 1.807) is 6.92 Å². The Bertz CT molecular complexity index is 162. The molecule has 0 bridgehead atoms. The van der Waals surface area contributed by atoms with Crippen LogP contribution in [0.4, 0.5) is 0 Å². The van der Waals surface area contributed by atoms with E-state index < -0.39 is 0 Å². The zero-order valence-electron chi connectivity index (χ0n) is 8.58. The normalized spacial score (nSPS) is 20.5. The number of Topliss-reactive ketones (excluding diaryl/α,β-unsaturated/α-hetero) is 1. The summed E-state index contributed by atoms with van der Waals surface area (Å²) in [5.41, 5.74) is 0. The van der Waals surface area contributed by atoms with Crippen LogP contribution in [-0.4, -0.2) is 43.0 Å². The van der Waals surface area contributed by atoms with Crippen LogP contribution >= 0.6 is 0 Å². The fraction of sp³-hybridized carbons (Fsp3) is 0.900. The lowest BCUT2D eigenvalue weighted by molar-refractivity contribution is -0.118. The minimum atomic E-state index is 0.259. The van der Waals surface area contributed by atoms with Crippen molar-refractivity contribution in [3.63, 3.8) is 0 Å². The molecule has 1 fully saturated rings. The molecule has 1 heterocycles. The number of carbonyl (C=O) groups is 1. The second kappa shape index (κ2) is 5.35. The van der Waals surface area contributed by atoms with Crippen LogP contribution in [-0.2, 0) is 9.53 Å². The van der Waals surface area contributed by atoms with Crippen molar-refractivity contribution in [2.45, 2.75) is 32.8 Å². The van der Waals surface area contributed by atoms with Gasteiger partial charge in [-0.3, -0.25) is 9.69 Å². The lowest BCUT2D eigenvalue weighted by atomic mass is 10.1. The van der Waals surface area contributed by atoms with E-state index in [4.69, 9.17) is 4.74 Å². The van der Waals surface area contributed by atoms with E-state index in [1.807, 2.05) is 6.92 Å². The Kier molecular flexibility index (Phi) is 4.39. The standard InChI is InChI=1S/C10H19NO2/c1-3-13-10-4-6-11(7-5-10)8-9(2)12/h10H,3-8H2,1-2H3. The van der Waals surface area contributed by atoms with Gasteiger partial charge in [0.15, 0.2) is 0 Å². The number of hydrogen-bond donors (Lipinski definition) is 0. The van der Waals surface area contributed by atoms with Crippen LogP contribution in [0.1, 0.15) is 26.7 Å². The van der Waals surface area contributed by atoms with E-state index in [9.17, 15) is 4.79 Å². The molecule has 0 atom stereocenters. The van der Waals surface area contributed by atoms with Gasteiger partial charge in [0.25, 0.3) is 0 Å². The first kappa shape index (κ1) is 10.7. The summed E-state index contributed by atoms with van der Waals surface area (Å²) in [5.74, 6) is 0.259. The fourth-order valence-corrected chi connectivity index (χ4v) is 1.78. The molecule has 1 aliphatic heterocycles. The van der Waals surface area contributed by atoms with Crippen molar-refractivity contribution in [1.82, 2.24) is 4.90 Å². The average Bonchev–Trinajstić information content (AvgIpc) is 2.08. The van der Waals surface area contributed by atoms with Gasteiger partial charge in [-0.1, -0.05) is 0 Å². The number of likely N-dealkylation sites (tertiary alicyclic amines) is 1. The van der Waals surface area contributed by atoms with Crippen molar-refractivity contribution in [3.8, 4) is 0 Å². The Hall–Kier alpha value is -0.410. The van der Waals surface area contributed by atoms with Crippen molar-refractivity contribution in [1.29, 1.82) is 0 Å². The van der Waals surface area contributed by atoms with E-state index in [0.717, 1.165) is 32.5 Å². The molecule has 0 saturated carbocycles. The molecule has 1 saturated heterocycles. The highest BCUT2D eigenvalue weighted by molar-refractivity contribution is 5.77. The molecule has 0 amide bonds. The highest BCUT2D eigenvalue weighted by Crippen LogP contribution is 2.12. The second-order valence-corrected chi connectivity index (χ2v) is 3.63. The largest absolute Gasteiger partial charge is 0.378 e. The molecule has 1 aliphatic rings. The molecule has 76 valence electrons. The number of ketones is 1. The molecule has 13 heavy (non-hydrogen) atoms. The maximum absolute atomic E-state index is 10.8. The van der Waals surface area contributed by atoms with E-state index in [2.05, 4.69) is 4.90 Å². The summed E-state index contributed by atoms with van der Waals surface area (Å²) in [7, 11) is 0. The fourth-order valence-electron chi connectivity index (χ4n) is 1.78. The topological polar surface area (TPSA) is 29.5 Å². The van der Waals surface area contributed by atoms with Crippen molar-refractivity contribution in [3.05, 3.63) is 0 Å². The monoisotopic (exact) mass is 185 g/mol. The lowest BCUT2D eigenvalue weighted by Crippen LogP contribution is -2.39. The highest BCUT2D eigenvalue weighted by Gasteiger charge is 2.19. The van der Waals surface area contributed by atoms with Crippen molar-refractivity contribution < 1.29 is 9.53 Å². The first-order chi connectivity index (χ1) is 6.22. The smallest absolute Gasteiger partial charge is 0.143 e. The van der Waals surface area contributed by atoms with Gasteiger partial charge in [-0.2, -0.15) is 0 Å². The first-order valence-electron chi connectivity index (χ1n) is 5.05. The van der Waals surface area contributed by atoms with Crippen molar-refractivity contribution in [2.75, 3.05) is 26.2 Å². The maximum Gasteiger partial charge on any atom is 0.143 e. The molecule has 0 unspecified atom stereocenters. The number of rotatable bonds is 4. The lowest BCUT2D eigenvalue weighted by Gasteiger charge is -2.30. The first-order valence-corrected chi connectivity index (χ1v) is 5.05. The van der Waals surface area contributed by atoms with Crippen LogP contribution in [0, 0.1) is 0 Å². The van der Waals surface area contributed by atoms with E-state index in [0.29, 0.717) is 12.6 Å². The number of hydrogen-bond acceptors (Lipinski definition) is 3. The maximum atomic E-state index is 10.8. The molecule has 0 aliphatic carbocycles. The van der Waals surface area contributed by atoms with Crippen LogP contribution < -0.4 is 0 Å².